The summed E-state index contributed by atoms with van der Waals surface area (Å²) in [6, 6.07) is 0. The molecule has 0 saturated carbocycles. The van der Waals surface area contributed by atoms with E-state index >= 15 is 0 Å². The van der Waals surface area contributed by atoms with Gasteiger partial charge in [0.2, 0.25) is 0 Å². The minimum atomic E-state index is -2.05. The predicted molar refractivity (Wildman–Crippen MR) is 159 cm³/mol. The van der Waals surface area contributed by atoms with Gasteiger partial charge in [0.1, 0.15) is 110 Å². The molecule has 0 spiro atoms. The topological polar surface area (TPSA) is 387 Å². The second-order valence-corrected chi connectivity index (χ2v) is 13.5. The molecule has 310 valence electrons. The third kappa shape index (κ3) is 8.81. The maximum Gasteiger partial charge on any atom is 0.187 e. The van der Waals surface area contributed by atoms with Gasteiger partial charge >= 0.3 is 0 Å². The molecule has 0 radical (unpaired) electrons. The summed E-state index contributed by atoms with van der Waals surface area (Å²) in [5.41, 5.74) is 0. The minimum Gasteiger partial charge on any atom is -0.394 e. The van der Waals surface area contributed by atoms with Crippen LogP contribution >= 0.6 is 0 Å². The molecule has 1 unspecified atom stereocenters. The average Bonchev–Trinajstić information content (AvgIpc) is 3.14. The molecule has 0 amide bonds. The Balaban J connectivity index is 1.40. The van der Waals surface area contributed by atoms with Crippen molar-refractivity contribution in [2.24, 2.45) is 0 Å². The maximum atomic E-state index is 11.3. The Morgan fingerprint density at radius 3 is 1.55 bits per heavy atom. The smallest absolute Gasteiger partial charge is 0.187 e. The molecule has 15 N–H and O–H groups in total. The number of aliphatic hydroxyl groups excluding tert-OH is 15. The Kier molecular flexibility index (Phi) is 14.7. The Morgan fingerprint density at radius 1 is 0.415 bits per heavy atom. The van der Waals surface area contributed by atoms with Gasteiger partial charge in [-0.15, -0.1) is 0 Å². The molecule has 5 fully saturated rings. The molecule has 24 atom stereocenters. The summed E-state index contributed by atoms with van der Waals surface area (Å²) in [6.07, 6.45) is -42.6. The molecule has 5 heterocycles. The Morgan fingerprint density at radius 2 is 0.925 bits per heavy atom. The zero-order valence-corrected chi connectivity index (χ0v) is 28.1. The number of hydrogen-bond acceptors (Lipinski definition) is 24. The van der Waals surface area contributed by atoms with Crippen molar-refractivity contribution in [3.63, 3.8) is 0 Å². The third-order valence-corrected chi connectivity index (χ3v) is 9.91. The van der Waals surface area contributed by atoms with Gasteiger partial charge in [-0.25, -0.2) is 0 Å². The van der Waals surface area contributed by atoms with Crippen molar-refractivity contribution in [1.29, 1.82) is 0 Å². The zero-order chi connectivity index (χ0) is 39.0. The second kappa shape index (κ2) is 18.1. The fourth-order valence-electron chi connectivity index (χ4n) is 6.64. The summed E-state index contributed by atoms with van der Waals surface area (Å²) in [6.45, 7) is -1.92. The Bertz CT molecular complexity index is 1140. The van der Waals surface area contributed by atoms with Crippen molar-refractivity contribution in [2.75, 3.05) is 26.4 Å². The van der Waals surface area contributed by atoms with Gasteiger partial charge in [-0.1, -0.05) is 0 Å². The quantitative estimate of drug-likeness (QED) is 0.0925. The largest absolute Gasteiger partial charge is 0.394 e. The molecule has 0 aromatic heterocycles. The number of rotatable bonds is 11. The summed E-state index contributed by atoms with van der Waals surface area (Å²) < 4.78 is 50.3. The van der Waals surface area contributed by atoms with Gasteiger partial charge in [0.25, 0.3) is 0 Å². The van der Waals surface area contributed by atoms with Crippen molar-refractivity contribution >= 4 is 0 Å². The molecule has 5 aliphatic heterocycles. The Labute approximate surface area is 300 Å². The molecule has 5 saturated heterocycles. The van der Waals surface area contributed by atoms with Gasteiger partial charge < -0.3 is 119 Å². The molecular formula is C29H50O24. The molecule has 0 aromatic rings. The van der Waals surface area contributed by atoms with E-state index in [0.29, 0.717) is 0 Å². The highest BCUT2D eigenvalue weighted by Crippen LogP contribution is 2.36. The fourth-order valence-corrected chi connectivity index (χ4v) is 6.64. The lowest BCUT2D eigenvalue weighted by Crippen LogP contribution is -2.68. The van der Waals surface area contributed by atoms with Gasteiger partial charge in [0.15, 0.2) is 31.5 Å². The SMILES string of the molecule is C[C@@H]1O[C@@H](O[C@@H]2CO[C@@H](O[C@H]3[C@H](O)[C@@H](CO)O[C@@H](O[C@@H]4[C@H](O)[C@@H](O)C(O)O[C@@H]4CO)[C@@H]3O[C@@H]3O[C@H](CO)[C@@H](O)[C@H](O)[C@H]3O)[C@H](O)[C@H]2O)[C@H](O)[C@H](O)[C@H]1O. The van der Waals surface area contributed by atoms with Crippen LogP contribution in [-0.2, 0) is 42.6 Å². The van der Waals surface area contributed by atoms with Crippen molar-refractivity contribution in [1.82, 2.24) is 0 Å². The third-order valence-electron chi connectivity index (χ3n) is 9.91. The molecular weight excluding hydrogens is 732 g/mol. The molecule has 5 rings (SSSR count). The number of aliphatic hydroxyl groups is 15. The van der Waals surface area contributed by atoms with E-state index in [4.69, 9.17) is 42.6 Å². The van der Waals surface area contributed by atoms with Gasteiger partial charge in [-0.3, -0.25) is 0 Å². The van der Waals surface area contributed by atoms with E-state index in [1.165, 1.54) is 6.92 Å². The van der Waals surface area contributed by atoms with Crippen LogP contribution in [0.5, 0.6) is 0 Å². The summed E-state index contributed by atoms with van der Waals surface area (Å²) >= 11 is 0. The monoisotopic (exact) mass is 782 g/mol. The maximum absolute atomic E-state index is 11.3. The van der Waals surface area contributed by atoms with E-state index in [1.807, 2.05) is 0 Å². The lowest BCUT2D eigenvalue weighted by molar-refractivity contribution is -0.404. The van der Waals surface area contributed by atoms with E-state index in [2.05, 4.69) is 0 Å². The lowest BCUT2D eigenvalue weighted by atomic mass is 9.95. The van der Waals surface area contributed by atoms with E-state index < -0.39 is 174 Å². The first-order valence-corrected chi connectivity index (χ1v) is 16.9. The molecule has 24 nitrogen and oxygen atoms in total. The van der Waals surface area contributed by atoms with Crippen LogP contribution in [0.2, 0.25) is 0 Å². The van der Waals surface area contributed by atoms with Crippen LogP contribution in [0.3, 0.4) is 0 Å². The van der Waals surface area contributed by atoms with Crippen LogP contribution in [-0.4, -0.2) is 250 Å². The van der Waals surface area contributed by atoms with E-state index in [-0.39, 0.29) is 0 Å². The van der Waals surface area contributed by atoms with Gasteiger partial charge in [-0.2, -0.15) is 0 Å². The minimum absolute atomic E-state index is 0.590. The van der Waals surface area contributed by atoms with Crippen LogP contribution < -0.4 is 0 Å². The normalized spacial score (nSPS) is 54.1. The predicted octanol–water partition coefficient (Wildman–Crippen LogP) is -10.3. The van der Waals surface area contributed by atoms with Crippen LogP contribution in [0, 0.1) is 0 Å². The first kappa shape index (κ1) is 43.2. The van der Waals surface area contributed by atoms with Crippen LogP contribution in [0.1, 0.15) is 6.92 Å². The molecule has 24 heteroatoms. The lowest BCUT2D eigenvalue weighted by Gasteiger charge is -2.50. The molecule has 0 aliphatic carbocycles. The first-order valence-electron chi connectivity index (χ1n) is 16.9. The van der Waals surface area contributed by atoms with Crippen LogP contribution in [0.15, 0.2) is 0 Å². The average molecular weight is 783 g/mol. The zero-order valence-electron chi connectivity index (χ0n) is 28.1. The second-order valence-electron chi connectivity index (χ2n) is 13.5. The summed E-state index contributed by atoms with van der Waals surface area (Å²) in [4.78, 5) is 0. The van der Waals surface area contributed by atoms with Crippen molar-refractivity contribution in [2.45, 2.75) is 154 Å². The van der Waals surface area contributed by atoms with Crippen molar-refractivity contribution in [3.05, 3.63) is 0 Å². The summed E-state index contributed by atoms with van der Waals surface area (Å²) in [7, 11) is 0. The summed E-state index contributed by atoms with van der Waals surface area (Å²) in [5, 5.41) is 156. The van der Waals surface area contributed by atoms with Crippen molar-refractivity contribution in [3.8, 4) is 0 Å². The Hall–Kier alpha value is -0.960. The van der Waals surface area contributed by atoms with E-state index in [1.54, 1.807) is 0 Å². The molecule has 5 aliphatic rings. The highest BCUT2D eigenvalue weighted by atomic mass is 16.8. The first-order chi connectivity index (χ1) is 25.0. The number of ether oxygens (including phenoxy) is 9. The molecule has 53 heavy (non-hydrogen) atoms. The number of hydrogen-bond donors (Lipinski definition) is 15. The van der Waals surface area contributed by atoms with Crippen LogP contribution in [0.25, 0.3) is 0 Å². The van der Waals surface area contributed by atoms with E-state index in [9.17, 15) is 76.6 Å². The van der Waals surface area contributed by atoms with Gasteiger partial charge in [-0.05, 0) is 6.92 Å². The molecule has 0 aromatic carbocycles. The summed E-state index contributed by atoms with van der Waals surface area (Å²) in [5.74, 6) is 0. The van der Waals surface area contributed by atoms with Gasteiger partial charge in [0, 0.05) is 0 Å². The van der Waals surface area contributed by atoms with Gasteiger partial charge in [0.05, 0.1) is 32.5 Å². The van der Waals surface area contributed by atoms with Crippen LogP contribution in [0.4, 0.5) is 0 Å². The fraction of sp³-hybridized carbons (Fsp3) is 1.00. The van der Waals surface area contributed by atoms with E-state index in [0.717, 1.165) is 0 Å². The highest BCUT2D eigenvalue weighted by Gasteiger charge is 2.56. The molecule has 0 bridgehead atoms. The van der Waals surface area contributed by atoms with Crippen molar-refractivity contribution < 1.29 is 119 Å². The standard InChI is InChI=1S/C29H50O24/c1-6-11(33)15(37)20(42)27(46-6)50-10-5-45-26(19(41)13(10)35)52-23-14(36)8(3-31)49-29(51-22-9(4-32)47-25(44)18(40)17(22)39)24(23)53-28-21(43)16(38)12(34)7(2-30)48-28/h6-44H,2-5H2,1H3/t6-,7+,8+,9+,10+,11-,12+,13-,14+,15+,16-,17+,18+,19+,20+,21+,22-,23-,24+,25?,26-,27-,28-,29-/m0/s1. The highest BCUT2D eigenvalue weighted by molar-refractivity contribution is 4.98.